The standard InChI is InChI=1S/C28H36N2O5/c1-28(2,3)20-12-9-18(10-13-20)24-23(26(32)27(33)30(24)16-8-15-29(4)5)25(31)19-11-14-21(34-6)22(17-19)35-7/h9-14,17,24,31H,8,15-16H2,1-7H3. The van der Waals surface area contributed by atoms with Gasteiger partial charge in [-0.25, -0.2) is 0 Å². The van der Waals surface area contributed by atoms with Crippen molar-refractivity contribution in [2.24, 2.45) is 0 Å². The first-order valence-electron chi connectivity index (χ1n) is 11.9. The van der Waals surface area contributed by atoms with Crippen LogP contribution in [0, 0.1) is 0 Å². The molecule has 1 N–H and O–H groups in total. The molecule has 35 heavy (non-hydrogen) atoms. The number of ether oxygens (including phenoxy) is 2. The van der Waals surface area contributed by atoms with Crippen LogP contribution < -0.4 is 19.5 Å². The third kappa shape index (κ3) is 5.51. The minimum Gasteiger partial charge on any atom is -0.872 e. The lowest BCUT2D eigenvalue weighted by atomic mass is 9.85. The van der Waals surface area contributed by atoms with Gasteiger partial charge in [-0.2, -0.15) is 0 Å². The lowest BCUT2D eigenvalue weighted by molar-refractivity contribution is -0.858. The second kappa shape index (κ2) is 10.5. The van der Waals surface area contributed by atoms with Crippen molar-refractivity contribution in [3.63, 3.8) is 0 Å². The van der Waals surface area contributed by atoms with Gasteiger partial charge < -0.3 is 24.4 Å². The van der Waals surface area contributed by atoms with Crippen LogP contribution in [0.4, 0.5) is 0 Å². The van der Waals surface area contributed by atoms with E-state index in [4.69, 9.17) is 9.47 Å². The Morgan fingerprint density at radius 2 is 1.63 bits per heavy atom. The Balaban J connectivity index is 2.13. The third-order valence-corrected chi connectivity index (χ3v) is 6.34. The smallest absolute Gasteiger partial charge is 0.295 e. The van der Waals surface area contributed by atoms with Crippen LogP contribution in [0.15, 0.2) is 48.0 Å². The summed E-state index contributed by atoms with van der Waals surface area (Å²) in [6.45, 7) is 7.60. The summed E-state index contributed by atoms with van der Waals surface area (Å²) in [5, 5.41) is 13.7. The molecule has 1 unspecified atom stereocenters. The SMILES string of the molecule is COc1ccc(C([O-])=C2C(=O)C(=O)N(CCC[NH+](C)C)C2c2ccc(C(C)(C)C)cc2)cc1OC. The molecule has 1 saturated heterocycles. The largest absolute Gasteiger partial charge is 0.872 e. The zero-order chi connectivity index (χ0) is 25.9. The number of benzene rings is 2. The van der Waals surface area contributed by atoms with Gasteiger partial charge in [0, 0.05) is 18.5 Å². The first-order valence-corrected chi connectivity index (χ1v) is 11.9. The van der Waals surface area contributed by atoms with Gasteiger partial charge in [0.2, 0.25) is 5.78 Å². The summed E-state index contributed by atoms with van der Waals surface area (Å²) in [5.41, 5.74) is 2.08. The monoisotopic (exact) mass is 480 g/mol. The molecule has 1 heterocycles. The van der Waals surface area contributed by atoms with Gasteiger partial charge in [0.05, 0.1) is 40.9 Å². The van der Waals surface area contributed by atoms with Crippen LogP contribution >= 0.6 is 0 Å². The highest BCUT2D eigenvalue weighted by molar-refractivity contribution is 6.46. The van der Waals surface area contributed by atoms with Gasteiger partial charge in [-0.15, -0.1) is 0 Å². The number of nitrogens with zero attached hydrogens (tertiary/aromatic N) is 1. The maximum atomic E-state index is 13.7. The van der Waals surface area contributed by atoms with Gasteiger partial charge in [0.1, 0.15) is 0 Å². The van der Waals surface area contributed by atoms with Crippen molar-refractivity contribution in [2.45, 2.75) is 38.6 Å². The predicted octanol–water partition coefficient (Wildman–Crippen LogP) is 1.76. The number of quaternary nitrogens is 1. The molecule has 0 spiro atoms. The van der Waals surface area contributed by atoms with Crippen LogP contribution in [-0.2, 0) is 15.0 Å². The maximum Gasteiger partial charge on any atom is 0.295 e. The van der Waals surface area contributed by atoms with Gasteiger partial charge >= 0.3 is 0 Å². The molecule has 1 atom stereocenters. The minimum absolute atomic E-state index is 0.0251. The Morgan fingerprint density at radius 1 is 1.00 bits per heavy atom. The summed E-state index contributed by atoms with van der Waals surface area (Å²) in [5.74, 6) is -0.994. The summed E-state index contributed by atoms with van der Waals surface area (Å²) in [7, 11) is 7.07. The van der Waals surface area contributed by atoms with Gasteiger partial charge in [-0.3, -0.25) is 9.59 Å². The lowest BCUT2D eigenvalue weighted by Gasteiger charge is -2.28. The van der Waals surface area contributed by atoms with E-state index in [1.807, 2.05) is 38.4 Å². The number of hydrogen-bond acceptors (Lipinski definition) is 5. The van der Waals surface area contributed by atoms with Crippen molar-refractivity contribution >= 4 is 17.4 Å². The predicted molar refractivity (Wildman–Crippen MR) is 133 cm³/mol. The number of nitrogens with one attached hydrogen (secondary N) is 1. The van der Waals surface area contributed by atoms with Gasteiger partial charge in [0.25, 0.3) is 5.91 Å². The van der Waals surface area contributed by atoms with E-state index in [0.717, 1.165) is 24.1 Å². The van der Waals surface area contributed by atoms with Gasteiger partial charge in [-0.1, -0.05) is 56.9 Å². The summed E-state index contributed by atoms with van der Waals surface area (Å²) in [6, 6.07) is 11.9. The molecule has 7 nitrogen and oxygen atoms in total. The molecule has 188 valence electrons. The maximum absolute atomic E-state index is 13.7. The summed E-state index contributed by atoms with van der Waals surface area (Å²) in [4.78, 5) is 29.1. The molecule has 3 rings (SSSR count). The molecule has 0 aromatic heterocycles. The molecular weight excluding hydrogens is 444 g/mol. The van der Waals surface area contributed by atoms with Gasteiger partial charge in [0.15, 0.2) is 11.5 Å². The highest BCUT2D eigenvalue weighted by atomic mass is 16.5. The first-order chi connectivity index (χ1) is 16.5. The van der Waals surface area contributed by atoms with Crippen LogP contribution in [-0.4, -0.2) is 58.0 Å². The van der Waals surface area contributed by atoms with E-state index in [-0.39, 0.29) is 16.6 Å². The molecule has 0 saturated carbocycles. The lowest BCUT2D eigenvalue weighted by Crippen LogP contribution is -3.05. The molecular formula is C28H36N2O5. The van der Waals surface area contributed by atoms with Gasteiger partial charge in [-0.05, 0) is 34.2 Å². The van der Waals surface area contributed by atoms with E-state index >= 15 is 0 Å². The number of carbonyl (C=O) groups excluding carboxylic acids is 2. The molecule has 1 aliphatic rings. The van der Waals surface area contributed by atoms with Crippen LogP contribution in [0.5, 0.6) is 11.5 Å². The zero-order valence-corrected chi connectivity index (χ0v) is 21.7. The van der Waals surface area contributed by atoms with Crippen LogP contribution in [0.1, 0.15) is 49.9 Å². The van der Waals surface area contributed by atoms with Crippen molar-refractivity contribution in [1.29, 1.82) is 0 Å². The molecule has 1 fully saturated rings. The Morgan fingerprint density at radius 3 is 2.17 bits per heavy atom. The van der Waals surface area contributed by atoms with Crippen LogP contribution in [0.3, 0.4) is 0 Å². The fourth-order valence-electron chi connectivity index (χ4n) is 4.35. The number of Topliss-reactive ketones (excluding diaryl/α,β-unsaturated/α-hetero) is 1. The topological polar surface area (TPSA) is 83.3 Å². The molecule has 7 heteroatoms. The Bertz CT molecular complexity index is 1110. The summed E-state index contributed by atoms with van der Waals surface area (Å²) < 4.78 is 10.6. The van der Waals surface area contributed by atoms with Crippen LogP contribution in [0.2, 0.25) is 0 Å². The van der Waals surface area contributed by atoms with Crippen molar-refractivity contribution in [3.8, 4) is 11.5 Å². The first kappa shape index (κ1) is 26.3. The number of methoxy groups -OCH3 is 2. The number of hydrogen-bond donors (Lipinski definition) is 1. The molecule has 2 aromatic rings. The highest BCUT2D eigenvalue weighted by Crippen LogP contribution is 2.40. The van der Waals surface area contributed by atoms with Crippen molar-refractivity contribution in [2.75, 3.05) is 41.4 Å². The van der Waals surface area contributed by atoms with Crippen molar-refractivity contribution in [3.05, 3.63) is 64.7 Å². The van der Waals surface area contributed by atoms with E-state index in [1.54, 1.807) is 23.1 Å². The summed E-state index contributed by atoms with van der Waals surface area (Å²) in [6.07, 6.45) is 0.718. The van der Waals surface area contributed by atoms with Crippen molar-refractivity contribution < 1.29 is 29.1 Å². The number of amides is 1. The van der Waals surface area contributed by atoms with E-state index < -0.39 is 23.5 Å². The average molecular weight is 481 g/mol. The fraction of sp³-hybridized carbons (Fsp3) is 0.429. The number of rotatable bonds is 8. The average Bonchev–Trinajstić information content (AvgIpc) is 3.07. The quantitative estimate of drug-likeness (QED) is 0.354. The number of likely N-dealkylation sites (tertiary alicyclic amines) is 1. The summed E-state index contributed by atoms with van der Waals surface area (Å²) >= 11 is 0. The molecule has 0 radical (unpaired) electrons. The van der Waals surface area contributed by atoms with E-state index in [1.165, 1.54) is 19.1 Å². The van der Waals surface area contributed by atoms with Crippen molar-refractivity contribution in [1.82, 2.24) is 4.90 Å². The molecule has 1 aliphatic heterocycles. The normalized spacial score (nSPS) is 17.8. The second-order valence-corrected chi connectivity index (χ2v) is 10.2. The highest BCUT2D eigenvalue weighted by Gasteiger charge is 2.44. The van der Waals surface area contributed by atoms with Crippen LogP contribution in [0.25, 0.3) is 5.76 Å². The molecule has 0 bridgehead atoms. The zero-order valence-electron chi connectivity index (χ0n) is 21.7. The molecule has 0 aliphatic carbocycles. The Kier molecular flexibility index (Phi) is 7.90. The number of ketones is 1. The Hall–Kier alpha value is -3.32. The number of carbonyl (C=O) groups is 2. The second-order valence-electron chi connectivity index (χ2n) is 10.2. The van der Waals surface area contributed by atoms with E-state index in [9.17, 15) is 14.7 Å². The minimum atomic E-state index is -0.744. The van der Waals surface area contributed by atoms with E-state index in [2.05, 4.69) is 20.8 Å². The van der Waals surface area contributed by atoms with E-state index in [0.29, 0.717) is 18.0 Å². The fourth-order valence-corrected chi connectivity index (χ4v) is 4.35. The third-order valence-electron chi connectivity index (χ3n) is 6.34. The Labute approximate surface area is 207 Å². The molecule has 1 amide bonds. The molecule has 2 aromatic carbocycles.